The number of nitrogens with one attached hydrogen (secondary N) is 1. The molecule has 0 aliphatic carbocycles. The molecular weight excluding hydrogens is 316 g/mol. The van der Waals surface area contributed by atoms with E-state index in [0.717, 1.165) is 36.3 Å². The summed E-state index contributed by atoms with van der Waals surface area (Å²) >= 11 is 0. The van der Waals surface area contributed by atoms with Crippen molar-refractivity contribution >= 4 is 17.5 Å². The summed E-state index contributed by atoms with van der Waals surface area (Å²) < 4.78 is 5.52. The zero-order valence-electron chi connectivity index (χ0n) is 15.8. The Morgan fingerprint density at radius 1 is 1.36 bits per heavy atom. The number of amides is 2. The van der Waals surface area contributed by atoms with Crippen LogP contribution in [0.15, 0.2) is 18.2 Å². The molecule has 25 heavy (non-hydrogen) atoms. The number of hydrogen-bond acceptors (Lipinski definition) is 3. The van der Waals surface area contributed by atoms with Crippen LogP contribution in [0.4, 0.5) is 5.69 Å². The van der Waals surface area contributed by atoms with Crippen LogP contribution in [0, 0.1) is 6.92 Å². The third-order valence-electron chi connectivity index (χ3n) is 4.65. The van der Waals surface area contributed by atoms with E-state index in [9.17, 15) is 9.59 Å². The SMILES string of the molecule is CC(=O)N(CCC(=O)NCC1CCCO1)c1c(C)cccc1C(C)C. The lowest BCUT2D eigenvalue weighted by molar-refractivity contribution is -0.121. The van der Waals surface area contributed by atoms with Gasteiger partial charge in [0, 0.05) is 38.7 Å². The summed E-state index contributed by atoms with van der Waals surface area (Å²) in [6.07, 6.45) is 2.49. The zero-order chi connectivity index (χ0) is 18.4. The van der Waals surface area contributed by atoms with Gasteiger partial charge >= 0.3 is 0 Å². The Morgan fingerprint density at radius 3 is 2.72 bits per heavy atom. The van der Waals surface area contributed by atoms with E-state index in [1.807, 2.05) is 19.1 Å². The van der Waals surface area contributed by atoms with Crippen LogP contribution in [0.2, 0.25) is 0 Å². The molecule has 1 aromatic rings. The fourth-order valence-electron chi connectivity index (χ4n) is 3.28. The van der Waals surface area contributed by atoms with Crippen LogP contribution < -0.4 is 10.2 Å². The highest BCUT2D eigenvalue weighted by Gasteiger charge is 2.21. The van der Waals surface area contributed by atoms with Crippen molar-refractivity contribution in [1.29, 1.82) is 0 Å². The normalized spacial score (nSPS) is 16.9. The molecule has 1 heterocycles. The van der Waals surface area contributed by atoms with Crippen LogP contribution in [0.25, 0.3) is 0 Å². The molecule has 5 heteroatoms. The molecule has 0 radical (unpaired) electrons. The van der Waals surface area contributed by atoms with E-state index < -0.39 is 0 Å². The predicted molar refractivity (Wildman–Crippen MR) is 99.9 cm³/mol. The van der Waals surface area contributed by atoms with Gasteiger partial charge in [-0.15, -0.1) is 0 Å². The van der Waals surface area contributed by atoms with E-state index in [-0.39, 0.29) is 24.3 Å². The summed E-state index contributed by atoms with van der Waals surface area (Å²) in [6, 6.07) is 6.08. The van der Waals surface area contributed by atoms with Crippen molar-refractivity contribution in [1.82, 2.24) is 5.32 Å². The predicted octanol–water partition coefficient (Wildman–Crippen LogP) is 3.16. The van der Waals surface area contributed by atoms with Crippen LogP contribution in [0.5, 0.6) is 0 Å². The first kappa shape index (κ1) is 19.4. The first-order valence-electron chi connectivity index (χ1n) is 9.16. The highest BCUT2D eigenvalue weighted by Crippen LogP contribution is 2.31. The standard InChI is InChI=1S/C20H30N2O3/c1-14(2)18-9-5-7-15(3)20(18)22(16(4)23)11-10-19(24)21-13-17-8-6-12-25-17/h5,7,9,14,17H,6,8,10-13H2,1-4H3,(H,21,24). The second-order valence-corrected chi connectivity index (χ2v) is 7.03. The maximum absolute atomic E-state index is 12.2. The Morgan fingerprint density at radius 2 is 2.12 bits per heavy atom. The monoisotopic (exact) mass is 346 g/mol. The average Bonchev–Trinajstić information content (AvgIpc) is 3.07. The van der Waals surface area contributed by atoms with Gasteiger partial charge in [-0.2, -0.15) is 0 Å². The average molecular weight is 346 g/mol. The topological polar surface area (TPSA) is 58.6 Å². The van der Waals surface area contributed by atoms with Gasteiger partial charge < -0.3 is 15.0 Å². The van der Waals surface area contributed by atoms with E-state index in [1.165, 1.54) is 0 Å². The molecule has 1 aliphatic heterocycles. The van der Waals surface area contributed by atoms with Crippen molar-refractivity contribution in [2.75, 3.05) is 24.6 Å². The maximum atomic E-state index is 12.2. The van der Waals surface area contributed by atoms with E-state index in [2.05, 4.69) is 25.2 Å². The lowest BCUT2D eigenvalue weighted by Crippen LogP contribution is -2.37. The minimum atomic E-state index is -0.0403. The summed E-state index contributed by atoms with van der Waals surface area (Å²) in [4.78, 5) is 26.1. The molecule has 1 unspecified atom stereocenters. The summed E-state index contributed by atoms with van der Waals surface area (Å²) in [5.74, 6) is 0.231. The molecule has 1 atom stereocenters. The highest BCUT2D eigenvalue weighted by atomic mass is 16.5. The fraction of sp³-hybridized carbons (Fsp3) is 0.600. The Balaban J connectivity index is 2.01. The van der Waals surface area contributed by atoms with Crippen LogP contribution in [0.3, 0.4) is 0 Å². The number of rotatable bonds is 7. The number of carbonyl (C=O) groups excluding carboxylic acids is 2. The molecule has 0 bridgehead atoms. The molecule has 0 saturated carbocycles. The Bertz CT molecular complexity index is 607. The van der Waals surface area contributed by atoms with Crippen molar-refractivity contribution in [2.24, 2.45) is 0 Å². The zero-order valence-corrected chi connectivity index (χ0v) is 15.8. The van der Waals surface area contributed by atoms with Crippen LogP contribution in [-0.4, -0.2) is 37.6 Å². The molecular formula is C20H30N2O3. The van der Waals surface area contributed by atoms with E-state index in [1.54, 1.807) is 11.8 Å². The van der Waals surface area contributed by atoms with Crippen LogP contribution in [0.1, 0.15) is 57.1 Å². The first-order chi connectivity index (χ1) is 11.9. The van der Waals surface area contributed by atoms with Crippen molar-refractivity contribution in [3.8, 4) is 0 Å². The molecule has 5 nitrogen and oxygen atoms in total. The van der Waals surface area contributed by atoms with Gasteiger partial charge in [0.1, 0.15) is 0 Å². The molecule has 0 aromatic heterocycles. The minimum absolute atomic E-state index is 0.0388. The molecule has 0 spiro atoms. The van der Waals surface area contributed by atoms with E-state index in [0.29, 0.717) is 19.0 Å². The molecule has 138 valence electrons. The molecule has 2 rings (SSSR count). The molecule has 1 N–H and O–H groups in total. The van der Waals surface area contributed by atoms with Gasteiger partial charge in [-0.1, -0.05) is 32.0 Å². The number of carbonyl (C=O) groups is 2. The van der Waals surface area contributed by atoms with Gasteiger partial charge in [0.25, 0.3) is 0 Å². The van der Waals surface area contributed by atoms with Crippen molar-refractivity contribution < 1.29 is 14.3 Å². The minimum Gasteiger partial charge on any atom is -0.376 e. The van der Waals surface area contributed by atoms with Gasteiger partial charge in [0.2, 0.25) is 11.8 Å². The fourth-order valence-corrected chi connectivity index (χ4v) is 3.28. The molecule has 1 fully saturated rings. The second kappa shape index (κ2) is 8.99. The van der Waals surface area contributed by atoms with Crippen LogP contribution >= 0.6 is 0 Å². The summed E-state index contributed by atoms with van der Waals surface area (Å²) in [7, 11) is 0. The van der Waals surface area contributed by atoms with Crippen molar-refractivity contribution in [3.05, 3.63) is 29.3 Å². The number of para-hydroxylation sites is 1. The van der Waals surface area contributed by atoms with Gasteiger partial charge in [0.05, 0.1) is 6.10 Å². The van der Waals surface area contributed by atoms with E-state index in [4.69, 9.17) is 4.74 Å². The Kier molecular flexibility index (Phi) is 7.00. The number of benzene rings is 1. The lowest BCUT2D eigenvalue weighted by atomic mass is 9.97. The van der Waals surface area contributed by atoms with Gasteiger partial charge in [0.15, 0.2) is 0 Å². The number of aryl methyl sites for hydroxylation is 1. The maximum Gasteiger partial charge on any atom is 0.223 e. The Hall–Kier alpha value is -1.88. The summed E-state index contributed by atoms with van der Waals surface area (Å²) in [5, 5.41) is 2.92. The third kappa shape index (κ3) is 5.30. The summed E-state index contributed by atoms with van der Waals surface area (Å²) in [6.45, 7) is 9.52. The number of ether oxygens (including phenoxy) is 1. The molecule has 1 aliphatic rings. The highest BCUT2D eigenvalue weighted by molar-refractivity contribution is 5.94. The molecule has 2 amide bonds. The number of anilines is 1. The first-order valence-corrected chi connectivity index (χ1v) is 9.16. The largest absolute Gasteiger partial charge is 0.376 e. The van der Waals surface area contributed by atoms with Gasteiger partial charge in [-0.05, 0) is 36.8 Å². The quantitative estimate of drug-likeness (QED) is 0.825. The van der Waals surface area contributed by atoms with Crippen molar-refractivity contribution in [3.63, 3.8) is 0 Å². The Labute approximate surface area is 150 Å². The van der Waals surface area contributed by atoms with Gasteiger partial charge in [-0.3, -0.25) is 9.59 Å². The lowest BCUT2D eigenvalue weighted by Gasteiger charge is -2.27. The number of nitrogens with zero attached hydrogens (tertiary/aromatic N) is 1. The molecule has 1 aromatic carbocycles. The third-order valence-corrected chi connectivity index (χ3v) is 4.65. The van der Waals surface area contributed by atoms with Crippen molar-refractivity contribution in [2.45, 2.75) is 59.0 Å². The summed E-state index contributed by atoms with van der Waals surface area (Å²) in [5.41, 5.74) is 3.13. The second-order valence-electron chi connectivity index (χ2n) is 7.03. The molecule has 1 saturated heterocycles. The van der Waals surface area contributed by atoms with E-state index >= 15 is 0 Å². The number of hydrogen-bond donors (Lipinski definition) is 1. The smallest absolute Gasteiger partial charge is 0.223 e. The van der Waals surface area contributed by atoms with Crippen LogP contribution in [-0.2, 0) is 14.3 Å². The van der Waals surface area contributed by atoms with Gasteiger partial charge in [-0.25, -0.2) is 0 Å².